The van der Waals surface area contributed by atoms with E-state index in [1.807, 2.05) is 0 Å². The molecular weight excluding hydrogens is 503 g/mol. The highest BCUT2D eigenvalue weighted by molar-refractivity contribution is 7.84. The minimum absolute atomic E-state index is 0.0743. The number of imidazole rings is 1. The molecule has 0 spiro atoms. The summed E-state index contributed by atoms with van der Waals surface area (Å²) in [5.41, 5.74) is 1.01. The van der Waals surface area contributed by atoms with Crippen LogP contribution in [0.4, 0.5) is 13.2 Å². The Morgan fingerprint density at radius 2 is 1.97 bits per heavy atom. The number of ether oxygens (including phenoxy) is 1. The second-order valence-corrected chi connectivity index (χ2v) is 9.15. The van der Waals surface area contributed by atoms with Crippen molar-refractivity contribution in [1.29, 1.82) is 0 Å². The number of nitrogens with zero attached hydrogens (tertiary/aromatic N) is 5. The van der Waals surface area contributed by atoms with Crippen LogP contribution in [0, 0.1) is 12.8 Å². The molecule has 14 heteroatoms. The lowest BCUT2D eigenvalue weighted by atomic mass is 10.1. The van der Waals surface area contributed by atoms with Crippen LogP contribution in [0.2, 0.25) is 0 Å². The van der Waals surface area contributed by atoms with Gasteiger partial charge in [0.25, 0.3) is 5.91 Å². The molecule has 1 aromatic carbocycles. The first kappa shape index (κ1) is 26.8. The predicted octanol–water partition coefficient (Wildman–Crippen LogP) is 2.79. The lowest BCUT2D eigenvalue weighted by Crippen LogP contribution is -2.38. The smallest absolute Gasteiger partial charge is 0.422 e. The molecule has 2 atom stereocenters. The van der Waals surface area contributed by atoms with Gasteiger partial charge in [0.1, 0.15) is 5.75 Å². The molecule has 3 rings (SSSR count). The molecule has 0 fully saturated rings. The van der Waals surface area contributed by atoms with Crippen LogP contribution in [0.1, 0.15) is 16.1 Å². The van der Waals surface area contributed by atoms with Crippen molar-refractivity contribution in [3.8, 4) is 5.75 Å². The average Bonchev–Trinajstić information content (AvgIpc) is 3.21. The van der Waals surface area contributed by atoms with Crippen molar-refractivity contribution < 1.29 is 36.9 Å². The van der Waals surface area contributed by atoms with Gasteiger partial charge in [0.15, 0.2) is 12.5 Å². The summed E-state index contributed by atoms with van der Waals surface area (Å²) in [6.45, 7) is -0.0265. The fourth-order valence-corrected chi connectivity index (χ4v) is 4.56. The number of carbonyl (C=O) groups is 2. The third-order valence-electron chi connectivity index (χ3n) is 5.06. The molecule has 192 valence electrons. The molecule has 3 aromatic rings. The number of pyridine rings is 1. The quantitative estimate of drug-likeness (QED) is 0.207. The number of fused-ring (bicyclic) bond motifs is 1. The number of halogens is 3. The van der Waals surface area contributed by atoms with E-state index in [2.05, 4.69) is 15.1 Å². The van der Waals surface area contributed by atoms with Gasteiger partial charge >= 0.3 is 6.18 Å². The Labute approximate surface area is 205 Å². The molecule has 1 N–H and O–H groups in total. The second kappa shape index (κ2) is 10.8. The molecule has 0 bridgehead atoms. The standard InChI is InChI=1S/C22H22F3N5O5S/c1-13-16(26-9-8-18(13)35-12-22(23,24)25)11-36(34)21-28-15-6-4-5-7-17(15)30(21)20(32)14(10-27-33)19(31)29(2)3/h4-10,14,33H,11-12H2,1-3H3/b27-10+. The third-order valence-corrected chi connectivity index (χ3v) is 6.28. The van der Waals surface area contributed by atoms with E-state index in [-0.39, 0.29) is 33.4 Å². The molecule has 0 aliphatic carbocycles. The molecule has 1 amide bonds. The molecule has 36 heavy (non-hydrogen) atoms. The molecule has 2 aromatic heterocycles. The van der Waals surface area contributed by atoms with Crippen molar-refractivity contribution in [2.75, 3.05) is 20.7 Å². The van der Waals surface area contributed by atoms with E-state index < -0.39 is 41.3 Å². The number of hydrogen-bond acceptors (Lipinski definition) is 8. The van der Waals surface area contributed by atoms with E-state index in [9.17, 15) is 27.0 Å². The number of amides is 1. The summed E-state index contributed by atoms with van der Waals surface area (Å²) in [6.07, 6.45) is -2.55. The maximum absolute atomic E-state index is 13.4. The molecule has 0 radical (unpaired) electrons. The molecule has 0 aliphatic heterocycles. The normalized spacial score (nSPS) is 13.6. The lowest BCUT2D eigenvalue weighted by Gasteiger charge is -2.17. The topological polar surface area (TPSA) is 127 Å². The number of benzene rings is 1. The van der Waals surface area contributed by atoms with Gasteiger partial charge in [-0.15, -0.1) is 5.16 Å². The molecule has 2 unspecified atom stereocenters. The number of oxime groups is 1. The maximum atomic E-state index is 13.4. The Morgan fingerprint density at radius 3 is 2.61 bits per heavy atom. The first-order valence-corrected chi connectivity index (χ1v) is 11.7. The first-order valence-electron chi connectivity index (χ1n) is 10.4. The van der Waals surface area contributed by atoms with E-state index in [0.29, 0.717) is 5.52 Å². The van der Waals surface area contributed by atoms with Crippen molar-refractivity contribution in [2.24, 2.45) is 11.1 Å². The van der Waals surface area contributed by atoms with Crippen LogP contribution >= 0.6 is 0 Å². The molecule has 0 saturated carbocycles. The highest BCUT2D eigenvalue weighted by Crippen LogP contribution is 2.26. The van der Waals surface area contributed by atoms with Gasteiger partial charge in [0.2, 0.25) is 11.1 Å². The number of rotatable bonds is 8. The fourth-order valence-electron chi connectivity index (χ4n) is 3.30. The van der Waals surface area contributed by atoms with E-state index in [1.54, 1.807) is 24.3 Å². The highest BCUT2D eigenvalue weighted by Gasteiger charge is 2.33. The summed E-state index contributed by atoms with van der Waals surface area (Å²) in [7, 11) is 0.811. The third kappa shape index (κ3) is 5.87. The molecule has 0 aliphatic rings. The first-order chi connectivity index (χ1) is 16.9. The second-order valence-electron chi connectivity index (χ2n) is 7.81. The summed E-state index contributed by atoms with van der Waals surface area (Å²) in [6, 6.07) is 7.66. The summed E-state index contributed by atoms with van der Waals surface area (Å²) in [5, 5.41) is 11.7. The zero-order chi connectivity index (χ0) is 26.6. The van der Waals surface area contributed by atoms with E-state index in [4.69, 9.17) is 9.94 Å². The Kier molecular flexibility index (Phi) is 8.07. The van der Waals surface area contributed by atoms with Gasteiger partial charge in [-0.25, -0.2) is 4.98 Å². The fraction of sp³-hybridized carbons (Fsp3) is 0.318. The van der Waals surface area contributed by atoms with Crippen LogP contribution < -0.4 is 4.74 Å². The Hall–Kier alpha value is -3.81. The minimum atomic E-state index is -4.54. The Morgan fingerprint density at radius 1 is 1.28 bits per heavy atom. The summed E-state index contributed by atoms with van der Waals surface area (Å²) in [4.78, 5) is 35.6. The van der Waals surface area contributed by atoms with E-state index in [0.717, 1.165) is 15.7 Å². The molecule has 10 nitrogen and oxygen atoms in total. The Balaban J connectivity index is 2.02. The lowest BCUT2D eigenvalue weighted by molar-refractivity contribution is -0.153. The number of carbonyl (C=O) groups excluding carboxylic acids is 2. The largest absolute Gasteiger partial charge is 0.484 e. The van der Waals surface area contributed by atoms with Gasteiger partial charge in [-0.1, -0.05) is 12.1 Å². The van der Waals surface area contributed by atoms with Crippen molar-refractivity contribution in [1.82, 2.24) is 19.4 Å². The SMILES string of the molecule is Cc1c(OCC(F)(F)F)ccnc1CS(=O)c1nc2ccccc2n1C(=O)C(/C=N/O)C(=O)N(C)C. The number of para-hydroxylation sites is 2. The van der Waals surface area contributed by atoms with Crippen LogP contribution in [0.3, 0.4) is 0 Å². The van der Waals surface area contributed by atoms with Crippen LogP contribution in [0.5, 0.6) is 5.75 Å². The van der Waals surface area contributed by atoms with Crippen molar-refractivity contribution in [3.63, 3.8) is 0 Å². The predicted molar refractivity (Wildman–Crippen MR) is 123 cm³/mol. The van der Waals surface area contributed by atoms with Gasteiger partial charge in [0.05, 0.1) is 39.5 Å². The zero-order valence-electron chi connectivity index (χ0n) is 19.4. The van der Waals surface area contributed by atoms with Crippen LogP contribution in [-0.4, -0.2) is 73.8 Å². The number of hydrogen-bond donors (Lipinski definition) is 1. The van der Waals surface area contributed by atoms with Crippen molar-refractivity contribution in [2.45, 2.75) is 24.0 Å². The highest BCUT2D eigenvalue weighted by atomic mass is 32.2. The van der Waals surface area contributed by atoms with E-state index >= 15 is 0 Å². The number of aromatic nitrogens is 3. The summed E-state index contributed by atoms with van der Waals surface area (Å²) in [5.74, 6) is -3.44. The minimum Gasteiger partial charge on any atom is -0.484 e. The van der Waals surface area contributed by atoms with Gasteiger partial charge in [0, 0.05) is 25.9 Å². The molecular formula is C22H22F3N5O5S. The van der Waals surface area contributed by atoms with Gasteiger partial charge in [-0.05, 0) is 25.1 Å². The van der Waals surface area contributed by atoms with Crippen LogP contribution in [-0.2, 0) is 21.3 Å². The average molecular weight is 526 g/mol. The van der Waals surface area contributed by atoms with Gasteiger partial charge < -0.3 is 14.8 Å². The maximum Gasteiger partial charge on any atom is 0.422 e. The molecule has 2 heterocycles. The van der Waals surface area contributed by atoms with Gasteiger partial charge in [-0.3, -0.25) is 23.3 Å². The van der Waals surface area contributed by atoms with Gasteiger partial charge in [-0.2, -0.15) is 13.2 Å². The van der Waals surface area contributed by atoms with Crippen molar-refractivity contribution >= 4 is 39.9 Å². The summed E-state index contributed by atoms with van der Waals surface area (Å²) < 4.78 is 57.0. The molecule has 0 saturated heterocycles. The van der Waals surface area contributed by atoms with E-state index in [1.165, 1.54) is 33.3 Å². The zero-order valence-corrected chi connectivity index (χ0v) is 20.2. The van der Waals surface area contributed by atoms with Crippen LogP contribution in [0.25, 0.3) is 11.0 Å². The Bertz CT molecular complexity index is 1340. The number of alkyl halides is 3. The van der Waals surface area contributed by atoms with Crippen molar-refractivity contribution in [3.05, 3.63) is 47.8 Å². The monoisotopic (exact) mass is 525 g/mol. The summed E-state index contributed by atoms with van der Waals surface area (Å²) >= 11 is 0. The van der Waals surface area contributed by atoms with Crippen LogP contribution in [0.15, 0.2) is 46.8 Å².